The van der Waals surface area contributed by atoms with Gasteiger partial charge in [-0.05, 0) is 43.9 Å². The standard InChI is InChI=1S/C14H27NO/c1-2-11-4-3-5-13(9-6-11)15-10-14(16)12-7-8-12/h11-16H,2-10H2,1H3. The SMILES string of the molecule is CCC1CCCC(NCC(O)C2CC2)CC1. The predicted octanol–water partition coefficient (Wildman–Crippen LogP) is 2.71. The molecular formula is C14H27NO. The van der Waals surface area contributed by atoms with Crippen molar-refractivity contribution < 1.29 is 5.11 Å². The Bertz CT molecular complexity index is 203. The van der Waals surface area contributed by atoms with Gasteiger partial charge in [0, 0.05) is 12.6 Å². The number of aliphatic hydroxyl groups excluding tert-OH is 1. The highest BCUT2D eigenvalue weighted by molar-refractivity contribution is 4.84. The van der Waals surface area contributed by atoms with Crippen molar-refractivity contribution in [2.75, 3.05) is 6.54 Å². The molecule has 2 rings (SSSR count). The smallest absolute Gasteiger partial charge is 0.0692 e. The van der Waals surface area contributed by atoms with Crippen molar-refractivity contribution in [1.29, 1.82) is 0 Å². The molecule has 2 nitrogen and oxygen atoms in total. The molecular weight excluding hydrogens is 198 g/mol. The molecule has 2 saturated carbocycles. The van der Waals surface area contributed by atoms with E-state index < -0.39 is 0 Å². The van der Waals surface area contributed by atoms with E-state index in [2.05, 4.69) is 12.2 Å². The fourth-order valence-electron chi connectivity index (χ4n) is 2.93. The fraction of sp³-hybridized carbons (Fsp3) is 1.00. The molecule has 94 valence electrons. The molecule has 2 heteroatoms. The summed E-state index contributed by atoms with van der Waals surface area (Å²) in [7, 11) is 0. The molecule has 2 aliphatic rings. The Morgan fingerprint density at radius 1 is 1.12 bits per heavy atom. The summed E-state index contributed by atoms with van der Waals surface area (Å²) in [5.74, 6) is 1.57. The number of aliphatic hydroxyl groups is 1. The lowest BCUT2D eigenvalue weighted by Gasteiger charge is -2.19. The summed E-state index contributed by atoms with van der Waals surface area (Å²) >= 11 is 0. The molecule has 2 N–H and O–H groups in total. The van der Waals surface area contributed by atoms with Gasteiger partial charge in [-0.25, -0.2) is 0 Å². The molecule has 0 spiro atoms. The summed E-state index contributed by atoms with van der Waals surface area (Å²) < 4.78 is 0. The van der Waals surface area contributed by atoms with Crippen LogP contribution in [0.5, 0.6) is 0 Å². The molecule has 3 unspecified atom stereocenters. The second-order valence-electron chi connectivity index (χ2n) is 5.79. The molecule has 0 aliphatic heterocycles. The summed E-state index contributed by atoms with van der Waals surface area (Å²) in [6.07, 6.45) is 10.5. The van der Waals surface area contributed by atoms with E-state index in [1.165, 1.54) is 51.4 Å². The lowest BCUT2D eigenvalue weighted by atomic mass is 9.98. The minimum absolute atomic E-state index is 0.0785. The van der Waals surface area contributed by atoms with E-state index in [-0.39, 0.29) is 6.10 Å². The van der Waals surface area contributed by atoms with Crippen LogP contribution in [0, 0.1) is 11.8 Å². The number of hydrogen-bond donors (Lipinski definition) is 2. The second kappa shape index (κ2) is 6.02. The molecule has 2 aliphatic carbocycles. The molecule has 16 heavy (non-hydrogen) atoms. The zero-order valence-corrected chi connectivity index (χ0v) is 10.6. The van der Waals surface area contributed by atoms with Crippen molar-refractivity contribution in [2.24, 2.45) is 11.8 Å². The average molecular weight is 225 g/mol. The Hall–Kier alpha value is -0.0800. The number of nitrogens with one attached hydrogen (secondary N) is 1. The normalized spacial score (nSPS) is 33.4. The zero-order chi connectivity index (χ0) is 11.4. The molecule has 2 fully saturated rings. The first-order valence-corrected chi connectivity index (χ1v) is 7.21. The van der Waals surface area contributed by atoms with Crippen molar-refractivity contribution in [3.63, 3.8) is 0 Å². The first-order chi connectivity index (χ1) is 7.79. The van der Waals surface area contributed by atoms with Crippen LogP contribution in [0.4, 0.5) is 0 Å². The predicted molar refractivity (Wildman–Crippen MR) is 67.4 cm³/mol. The molecule has 0 bridgehead atoms. The molecule has 0 aromatic rings. The lowest BCUT2D eigenvalue weighted by Crippen LogP contribution is -2.36. The molecule has 0 aromatic carbocycles. The van der Waals surface area contributed by atoms with Crippen LogP contribution < -0.4 is 5.32 Å². The largest absolute Gasteiger partial charge is 0.392 e. The van der Waals surface area contributed by atoms with E-state index >= 15 is 0 Å². The first kappa shape index (κ1) is 12.4. The van der Waals surface area contributed by atoms with Crippen LogP contribution in [0.15, 0.2) is 0 Å². The third kappa shape index (κ3) is 3.74. The van der Waals surface area contributed by atoms with Gasteiger partial charge in [0.25, 0.3) is 0 Å². The van der Waals surface area contributed by atoms with Crippen LogP contribution in [0.2, 0.25) is 0 Å². The quantitative estimate of drug-likeness (QED) is 0.705. The molecule has 0 radical (unpaired) electrons. The van der Waals surface area contributed by atoms with Crippen LogP contribution in [0.1, 0.15) is 58.3 Å². The Labute approximate surface area is 99.8 Å². The van der Waals surface area contributed by atoms with E-state index in [0.29, 0.717) is 12.0 Å². The molecule has 0 heterocycles. The van der Waals surface area contributed by atoms with E-state index in [1.807, 2.05) is 0 Å². The summed E-state index contributed by atoms with van der Waals surface area (Å²) in [4.78, 5) is 0. The Balaban J connectivity index is 1.64. The maximum absolute atomic E-state index is 9.83. The minimum atomic E-state index is -0.0785. The maximum atomic E-state index is 9.83. The minimum Gasteiger partial charge on any atom is -0.392 e. The maximum Gasteiger partial charge on any atom is 0.0692 e. The van der Waals surface area contributed by atoms with Crippen molar-refractivity contribution in [3.05, 3.63) is 0 Å². The topological polar surface area (TPSA) is 32.3 Å². The van der Waals surface area contributed by atoms with Crippen molar-refractivity contribution in [2.45, 2.75) is 70.4 Å². The Morgan fingerprint density at radius 2 is 1.94 bits per heavy atom. The third-order valence-electron chi connectivity index (χ3n) is 4.45. The van der Waals surface area contributed by atoms with Gasteiger partial charge in [0.05, 0.1) is 6.10 Å². The third-order valence-corrected chi connectivity index (χ3v) is 4.45. The van der Waals surface area contributed by atoms with Crippen LogP contribution in [-0.2, 0) is 0 Å². The van der Waals surface area contributed by atoms with Crippen LogP contribution in [0.3, 0.4) is 0 Å². The van der Waals surface area contributed by atoms with Gasteiger partial charge in [0.15, 0.2) is 0 Å². The van der Waals surface area contributed by atoms with E-state index in [4.69, 9.17) is 0 Å². The van der Waals surface area contributed by atoms with Gasteiger partial charge in [-0.2, -0.15) is 0 Å². The van der Waals surface area contributed by atoms with Gasteiger partial charge < -0.3 is 10.4 Å². The Kier molecular flexibility index (Phi) is 4.66. The summed E-state index contributed by atoms with van der Waals surface area (Å²) in [6, 6.07) is 0.671. The van der Waals surface area contributed by atoms with E-state index in [1.54, 1.807) is 0 Å². The average Bonchev–Trinajstić information content (AvgIpc) is 3.12. The second-order valence-corrected chi connectivity index (χ2v) is 5.79. The van der Waals surface area contributed by atoms with Crippen LogP contribution in [0.25, 0.3) is 0 Å². The van der Waals surface area contributed by atoms with Crippen molar-refractivity contribution >= 4 is 0 Å². The zero-order valence-electron chi connectivity index (χ0n) is 10.6. The molecule has 0 amide bonds. The summed E-state index contributed by atoms with van der Waals surface area (Å²) in [6.45, 7) is 3.14. The van der Waals surface area contributed by atoms with Crippen molar-refractivity contribution in [3.8, 4) is 0 Å². The Morgan fingerprint density at radius 3 is 2.62 bits per heavy atom. The van der Waals surface area contributed by atoms with Gasteiger partial charge in [0.1, 0.15) is 0 Å². The number of rotatable bonds is 5. The van der Waals surface area contributed by atoms with E-state index in [0.717, 1.165) is 12.5 Å². The van der Waals surface area contributed by atoms with Gasteiger partial charge in [0.2, 0.25) is 0 Å². The number of hydrogen-bond acceptors (Lipinski definition) is 2. The summed E-state index contributed by atoms with van der Waals surface area (Å²) in [5, 5.41) is 13.4. The molecule has 0 aromatic heterocycles. The first-order valence-electron chi connectivity index (χ1n) is 7.21. The molecule has 3 atom stereocenters. The van der Waals surface area contributed by atoms with Gasteiger partial charge >= 0.3 is 0 Å². The lowest BCUT2D eigenvalue weighted by molar-refractivity contribution is 0.143. The van der Waals surface area contributed by atoms with E-state index in [9.17, 15) is 5.11 Å². The van der Waals surface area contributed by atoms with Crippen LogP contribution in [-0.4, -0.2) is 23.8 Å². The molecule has 0 saturated heterocycles. The van der Waals surface area contributed by atoms with Gasteiger partial charge in [-0.15, -0.1) is 0 Å². The highest BCUT2D eigenvalue weighted by atomic mass is 16.3. The highest BCUT2D eigenvalue weighted by Gasteiger charge is 2.29. The summed E-state index contributed by atoms with van der Waals surface area (Å²) in [5.41, 5.74) is 0. The van der Waals surface area contributed by atoms with Crippen LogP contribution >= 0.6 is 0 Å². The van der Waals surface area contributed by atoms with Gasteiger partial charge in [-0.3, -0.25) is 0 Å². The van der Waals surface area contributed by atoms with Gasteiger partial charge in [-0.1, -0.05) is 26.2 Å². The fourth-order valence-corrected chi connectivity index (χ4v) is 2.93. The van der Waals surface area contributed by atoms with Crippen molar-refractivity contribution in [1.82, 2.24) is 5.32 Å². The highest BCUT2D eigenvalue weighted by Crippen LogP contribution is 2.32. The monoisotopic (exact) mass is 225 g/mol.